The number of allylic oxidation sites excluding steroid dienone is 1. The highest BCUT2D eigenvalue weighted by Gasteiger charge is 2.31. The summed E-state index contributed by atoms with van der Waals surface area (Å²) in [5, 5.41) is 9.50. The van der Waals surface area contributed by atoms with Crippen molar-refractivity contribution >= 4 is 30.2 Å². The molecule has 4 rings (SSSR count). The summed E-state index contributed by atoms with van der Waals surface area (Å²) >= 11 is 0. The van der Waals surface area contributed by atoms with Crippen LogP contribution in [-0.4, -0.2) is 80.2 Å². The highest BCUT2D eigenvalue weighted by atomic mass is 16.5. The molecule has 2 aliphatic heterocycles. The third-order valence-corrected chi connectivity index (χ3v) is 7.27. The van der Waals surface area contributed by atoms with Gasteiger partial charge in [0.1, 0.15) is 5.75 Å². The minimum Gasteiger partial charge on any atom is -0.495 e. The quantitative estimate of drug-likeness (QED) is 0.413. The molecule has 3 aliphatic rings. The zero-order valence-electron chi connectivity index (χ0n) is 21.5. The van der Waals surface area contributed by atoms with Crippen LogP contribution in [0.25, 0.3) is 0 Å². The Hall–Kier alpha value is -3.40. The van der Waals surface area contributed by atoms with Crippen LogP contribution in [0.4, 0.5) is 5.69 Å². The molecule has 1 aromatic carbocycles. The van der Waals surface area contributed by atoms with Gasteiger partial charge < -0.3 is 30.5 Å². The lowest BCUT2D eigenvalue weighted by atomic mass is 10.1. The summed E-state index contributed by atoms with van der Waals surface area (Å²) in [6.45, 7) is 7.94. The normalized spacial score (nSPS) is 21.6. The first-order valence-corrected chi connectivity index (χ1v) is 12.7. The second kappa shape index (κ2) is 11.6. The Labute approximate surface area is 212 Å². The maximum atomic E-state index is 12.7. The van der Waals surface area contributed by atoms with Gasteiger partial charge in [0.15, 0.2) is 5.82 Å². The van der Waals surface area contributed by atoms with E-state index in [-0.39, 0.29) is 17.9 Å². The average Bonchev–Trinajstić information content (AvgIpc) is 3.59. The van der Waals surface area contributed by atoms with Crippen LogP contribution in [0.2, 0.25) is 0 Å². The van der Waals surface area contributed by atoms with Gasteiger partial charge >= 0.3 is 0 Å². The van der Waals surface area contributed by atoms with Gasteiger partial charge in [0.05, 0.1) is 18.5 Å². The average molecular weight is 496 g/mol. The zero-order chi connectivity index (χ0) is 25.7. The van der Waals surface area contributed by atoms with Gasteiger partial charge in [-0.2, -0.15) is 4.99 Å². The van der Waals surface area contributed by atoms with E-state index in [1.165, 1.54) is 12.8 Å². The summed E-state index contributed by atoms with van der Waals surface area (Å²) in [5.74, 6) is 1.46. The summed E-state index contributed by atoms with van der Waals surface area (Å²) in [5.41, 5.74) is 1.92. The largest absolute Gasteiger partial charge is 0.495 e. The van der Waals surface area contributed by atoms with Crippen molar-refractivity contribution in [2.75, 3.05) is 39.1 Å². The lowest BCUT2D eigenvalue weighted by Gasteiger charge is -2.31. The number of amides is 2. The molecule has 1 atom stereocenters. The van der Waals surface area contributed by atoms with Crippen LogP contribution >= 0.6 is 0 Å². The molecular weight excluding hydrogens is 458 g/mol. The first-order chi connectivity index (χ1) is 17.4. The molecule has 3 N–H and O–H groups in total. The molecule has 10 heteroatoms. The SMILES string of the molecule is C=N/C(=N\C1=C(C)N(C)C(=O)CCN1C1CCCC1)Nc1ccc(C(=O)N[C@@H]2CCNC2)cc1OC. The molecule has 0 spiro atoms. The van der Waals surface area contributed by atoms with Crippen molar-refractivity contribution < 1.29 is 14.3 Å². The Bertz CT molecular complexity index is 1060. The van der Waals surface area contributed by atoms with E-state index in [9.17, 15) is 9.59 Å². The minimum atomic E-state index is -0.136. The van der Waals surface area contributed by atoms with Crippen LogP contribution in [0.1, 0.15) is 55.8 Å². The van der Waals surface area contributed by atoms with E-state index in [0.29, 0.717) is 42.0 Å². The number of hydrogen-bond donors (Lipinski definition) is 3. The number of nitrogens with one attached hydrogen (secondary N) is 3. The molecule has 0 unspecified atom stereocenters. The number of carbonyl (C=O) groups is 2. The van der Waals surface area contributed by atoms with Crippen LogP contribution < -0.4 is 20.7 Å². The van der Waals surface area contributed by atoms with Crippen LogP contribution in [0.5, 0.6) is 5.75 Å². The maximum Gasteiger partial charge on any atom is 0.251 e. The molecule has 2 fully saturated rings. The van der Waals surface area contributed by atoms with E-state index in [1.54, 1.807) is 37.3 Å². The Morgan fingerprint density at radius 2 is 2.03 bits per heavy atom. The van der Waals surface area contributed by atoms with Gasteiger partial charge in [0, 0.05) is 44.2 Å². The topological polar surface area (TPSA) is 111 Å². The van der Waals surface area contributed by atoms with Crippen LogP contribution in [0.15, 0.2) is 39.7 Å². The van der Waals surface area contributed by atoms with Crippen molar-refractivity contribution in [2.24, 2.45) is 9.98 Å². The standard InChI is InChI=1S/C26H37N7O3/c1-17-24(33(20-7-5-6-8-20)14-12-23(34)32(17)3)31-26(27-2)30-21-10-9-18(15-22(21)36-4)25(35)29-19-11-13-28-16-19/h9-10,15,19-20,28H,2,5-8,11-14,16H2,1,3-4H3,(H,29,35)(H,30,31)/t19-/m1/s1. The van der Waals surface area contributed by atoms with Crippen molar-refractivity contribution in [1.29, 1.82) is 0 Å². The van der Waals surface area contributed by atoms with E-state index in [4.69, 9.17) is 9.73 Å². The summed E-state index contributed by atoms with van der Waals surface area (Å²) in [7, 11) is 3.34. The van der Waals surface area contributed by atoms with E-state index in [0.717, 1.165) is 43.9 Å². The second-order valence-electron chi connectivity index (χ2n) is 9.54. The minimum absolute atomic E-state index is 0.0747. The number of ether oxygens (including phenoxy) is 1. The van der Waals surface area contributed by atoms with Crippen LogP contribution in [-0.2, 0) is 4.79 Å². The van der Waals surface area contributed by atoms with Gasteiger partial charge in [-0.3, -0.25) is 9.59 Å². The molecule has 1 aliphatic carbocycles. The fourth-order valence-corrected chi connectivity index (χ4v) is 5.06. The fraction of sp³-hybridized carbons (Fsp3) is 0.538. The molecule has 194 valence electrons. The molecule has 2 heterocycles. The van der Waals surface area contributed by atoms with Crippen molar-refractivity contribution in [3.63, 3.8) is 0 Å². The predicted molar refractivity (Wildman–Crippen MR) is 141 cm³/mol. The molecule has 0 bridgehead atoms. The molecule has 1 aromatic rings. The first kappa shape index (κ1) is 25.7. The maximum absolute atomic E-state index is 12.7. The molecule has 0 aromatic heterocycles. The number of methoxy groups -OCH3 is 1. The molecular formula is C26H37N7O3. The third-order valence-electron chi connectivity index (χ3n) is 7.27. The molecule has 1 saturated carbocycles. The number of carbonyl (C=O) groups excluding carboxylic acids is 2. The third kappa shape index (κ3) is 5.70. The Morgan fingerprint density at radius 1 is 1.25 bits per heavy atom. The molecule has 36 heavy (non-hydrogen) atoms. The smallest absolute Gasteiger partial charge is 0.251 e. The van der Waals surface area contributed by atoms with E-state index >= 15 is 0 Å². The van der Waals surface area contributed by atoms with Gasteiger partial charge in [0.2, 0.25) is 11.9 Å². The Morgan fingerprint density at radius 3 is 2.69 bits per heavy atom. The summed E-state index contributed by atoms with van der Waals surface area (Å²) in [4.78, 5) is 38.2. The summed E-state index contributed by atoms with van der Waals surface area (Å²) in [6, 6.07) is 5.71. The highest BCUT2D eigenvalue weighted by Crippen LogP contribution is 2.31. The van der Waals surface area contributed by atoms with Gasteiger partial charge in [-0.25, -0.2) is 4.99 Å². The van der Waals surface area contributed by atoms with Gasteiger partial charge in [-0.05, 0) is 57.6 Å². The van der Waals surface area contributed by atoms with E-state index in [1.807, 2.05) is 6.92 Å². The molecule has 2 amide bonds. The Balaban J connectivity index is 1.59. The van der Waals surface area contributed by atoms with Crippen molar-refractivity contribution in [1.82, 2.24) is 20.4 Å². The fourth-order valence-electron chi connectivity index (χ4n) is 5.06. The van der Waals surface area contributed by atoms with Crippen LogP contribution in [0.3, 0.4) is 0 Å². The number of hydrogen-bond acceptors (Lipinski definition) is 6. The van der Waals surface area contributed by atoms with Crippen molar-refractivity contribution in [3.05, 3.63) is 35.3 Å². The monoisotopic (exact) mass is 495 g/mol. The number of benzene rings is 1. The summed E-state index contributed by atoms with van der Waals surface area (Å²) < 4.78 is 5.57. The second-order valence-corrected chi connectivity index (χ2v) is 9.54. The molecule has 1 saturated heterocycles. The lowest BCUT2D eigenvalue weighted by Crippen LogP contribution is -2.36. The van der Waals surface area contributed by atoms with Gasteiger partial charge in [0.25, 0.3) is 5.91 Å². The number of rotatable bonds is 6. The number of guanidine groups is 1. The lowest BCUT2D eigenvalue weighted by molar-refractivity contribution is -0.127. The van der Waals surface area contributed by atoms with Crippen molar-refractivity contribution in [2.45, 2.75) is 57.5 Å². The zero-order valence-corrected chi connectivity index (χ0v) is 21.5. The Kier molecular flexibility index (Phi) is 8.25. The van der Waals surface area contributed by atoms with Crippen molar-refractivity contribution in [3.8, 4) is 5.75 Å². The first-order valence-electron chi connectivity index (χ1n) is 12.7. The molecule has 10 nitrogen and oxygen atoms in total. The van der Waals surface area contributed by atoms with Gasteiger partial charge in [-0.1, -0.05) is 12.8 Å². The van der Waals surface area contributed by atoms with E-state index in [2.05, 4.69) is 32.6 Å². The highest BCUT2D eigenvalue weighted by molar-refractivity contribution is 6.00. The number of nitrogens with zero attached hydrogens (tertiary/aromatic N) is 4. The van der Waals surface area contributed by atoms with E-state index < -0.39 is 0 Å². The summed E-state index contributed by atoms with van der Waals surface area (Å²) in [6.07, 6.45) is 5.90. The van der Waals surface area contributed by atoms with Crippen LogP contribution in [0, 0.1) is 0 Å². The molecule has 0 radical (unpaired) electrons. The number of anilines is 1. The number of aliphatic imine (C=N–C) groups is 2. The van der Waals surface area contributed by atoms with Gasteiger partial charge in [-0.15, -0.1) is 0 Å². The predicted octanol–water partition coefficient (Wildman–Crippen LogP) is 2.55.